The molecule has 0 fully saturated rings. The Morgan fingerprint density at radius 2 is 1.81 bits per heavy atom. The van der Waals surface area contributed by atoms with Crippen molar-refractivity contribution in [2.75, 3.05) is 0 Å². The summed E-state index contributed by atoms with van der Waals surface area (Å²) >= 11 is 5.91. The first-order valence-electron chi connectivity index (χ1n) is 10.6. The number of nitrogens with zero attached hydrogens (tertiary/aromatic N) is 5. The van der Waals surface area contributed by atoms with Gasteiger partial charge in [0.05, 0.1) is 24.5 Å². The predicted molar refractivity (Wildman–Crippen MR) is 122 cm³/mol. The van der Waals surface area contributed by atoms with Gasteiger partial charge >= 0.3 is 11.9 Å². The molecule has 0 spiro atoms. The Bertz CT molecular complexity index is 1430. The minimum absolute atomic E-state index is 0.00663. The molecule has 4 rings (SSSR count). The molecule has 4 aromatic rings. The summed E-state index contributed by atoms with van der Waals surface area (Å²) in [6, 6.07) is 11.5. The van der Waals surface area contributed by atoms with Crippen molar-refractivity contribution < 1.29 is 27.8 Å². The maximum absolute atomic E-state index is 13.8. The van der Waals surface area contributed by atoms with Crippen LogP contribution in [0.5, 0.6) is 0 Å². The van der Waals surface area contributed by atoms with Gasteiger partial charge in [-0.15, -0.1) is 5.10 Å². The van der Waals surface area contributed by atoms with Gasteiger partial charge in [-0.25, -0.2) is 18.9 Å². The van der Waals surface area contributed by atoms with E-state index < -0.39 is 36.4 Å². The van der Waals surface area contributed by atoms with Crippen LogP contribution in [0.2, 0.25) is 5.02 Å². The largest absolute Gasteiger partial charge is 0.416 e. The average molecular weight is 526 g/mol. The minimum atomic E-state index is -4.94. The number of hydrogen-bond donors (Lipinski definition) is 2. The van der Waals surface area contributed by atoms with Crippen LogP contribution in [-0.4, -0.2) is 46.4 Å². The molecule has 2 aromatic heterocycles. The monoisotopic (exact) mass is 525 g/mol. The molecule has 0 saturated carbocycles. The van der Waals surface area contributed by atoms with Crippen molar-refractivity contribution in [2.24, 2.45) is 0 Å². The summed E-state index contributed by atoms with van der Waals surface area (Å²) in [5, 5.41) is 24.2. The van der Waals surface area contributed by atoms with Crippen molar-refractivity contribution in [2.45, 2.75) is 38.4 Å². The minimum Gasteiger partial charge on any atom is -0.385 e. The van der Waals surface area contributed by atoms with E-state index in [-0.39, 0.29) is 29.6 Å². The highest BCUT2D eigenvalue weighted by atomic mass is 35.5. The van der Waals surface area contributed by atoms with Gasteiger partial charge in [-0.1, -0.05) is 29.8 Å². The number of hydrogen-bond acceptors (Lipinski definition) is 5. The Morgan fingerprint density at radius 1 is 1.11 bits per heavy atom. The molecule has 36 heavy (non-hydrogen) atoms. The summed E-state index contributed by atoms with van der Waals surface area (Å²) in [4.78, 5) is 17.4. The van der Waals surface area contributed by atoms with Gasteiger partial charge in [-0.05, 0) is 42.8 Å². The van der Waals surface area contributed by atoms with Gasteiger partial charge in [0, 0.05) is 11.2 Å². The molecule has 0 amide bonds. The molecule has 0 aliphatic carbocycles. The van der Waals surface area contributed by atoms with E-state index in [0.29, 0.717) is 10.6 Å². The summed E-state index contributed by atoms with van der Waals surface area (Å²) in [7, 11) is 0. The zero-order chi connectivity index (χ0) is 26.2. The quantitative estimate of drug-likeness (QED) is 0.358. The molecule has 0 unspecified atom stereocenters. The lowest BCUT2D eigenvalue weighted by molar-refractivity contribution is -0.207. The van der Waals surface area contributed by atoms with Crippen molar-refractivity contribution in [1.29, 1.82) is 0 Å². The van der Waals surface area contributed by atoms with Crippen LogP contribution in [0, 0.1) is 5.82 Å². The predicted octanol–water partition coefficient (Wildman–Crippen LogP) is 3.71. The second-order valence-corrected chi connectivity index (χ2v) is 8.49. The van der Waals surface area contributed by atoms with Gasteiger partial charge in [0.2, 0.25) is 0 Å². The van der Waals surface area contributed by atoms with Crippen LogP contribution in [0.25, 0.3) is 16.9 Å². The lowest BCUT2D eigenvalue weighted by Crippen LogP contribution is -2.37. The molecule has 0 saturated heterocycles. The van der Waals surface area contributed by atoms with Gasteiger partial charge in [0.1, 0.15) is 11.9 Å². The third-order valence-electron chi connectivity index (χ3n) is 5.35. The Kier molecular flexibility index (Phi) is 7.03. The number of aliphatic hydroxyl groups excluding tert-OH is 2. The lowest BCUT2D eigenvalue weighted by Gasteiger charge is -2.16. The number of imidazole rings is 1. The first-order chi connectivity index (χ1) is 16.9. The molecule has 2 aromatic carbocycles. The summed E-state index contributed by atoms with van der Waals surface area (Å²) in [6.45, 7) is 0.114. The second-order valence-electron chi connectivity index (χ2n) is 8.05. The Balaban J connectivity index is 1.82. The molecule has 0 aliphatic heterocycles. The van der Waals surface area contributed by atoms with Gasteiger partial charge < -0.3 is 10.2 Å². The summed E-state index contributed by atoms with van der Waals surface area (Å²) in [5.74, 6) is -0.427. The second kappa shape index (κ2) is 9.88. The lowest BCUT2D eigenvalue weighted by atomic mass is 10.1. The van der Waals surface area contributed by atoms with E-state index in [4.69, 9.17) is 11.6 Å². The van der Waals surface area contributed by atoms with Crippen molar-refractivity contribution in [3.8, 4) is 16.9 Å². The molecule has 2 heterocycles. The zero-order valence-corrected chi connectivity index (χ0v) is 19.4. The van der Waals surface area contributed by atoms with Crippen LogP contribution in [0.1, 0.15) is 24.7 Å². The van der Waals surface area contributed by atoms with Crippen LogP contribution in [-0.2, 0) is 13.1 Å². The average Bonchev–Trinajstić information content (AvgIpc) is 3.36. The first-order valence-corrected chi connectivity index (χ1v) is 11.0. The zero-order valence-electron chi connectivity index (χ0n) is 18.7. The number of rotatable bonds is 7. The van der Waals surface area contributed by atoms with E-state index in [1.54, 1.807) is 6.07 Å². The van der Waals surface area contributed by atoms with Crippen LogP contribution in [0.15, 0.2) is 59.5 Å². The fourth-order valence-corrected chi connectivity index (χ4v) is 3.68. The van der Waals surface area contributed by atoms with E-state index in [9.17, 15) is 32.6 Å². The number of alkyl halides is 3. The van der Waals surface area contributed by atoms with Gasteiger partial charge in [0.25, 0.3) is 0 Å². The summed E-state index contributed by atoms with van der Waals surface area (Å²) in [6.07, 6.45) is -7.48. The van der Waals surface area contributed by atoms with Gasteiger partial charge in [-0.2, -0.15) is 13.2 Å². The molecule has 0 radical (unpaired) electrons. The van der Waals surface area contributed by atoms with Crippen LogP contribution < -0.4 is 5.69 Å². The van der Waals surface area contributed by atoms with E-state index in [2.05, 4.69) is 10.1 Å². The maximum Gasteiger partial charge on any atom is 0.416 e. The van der Waals surface area contributed by atoms with Crippen molar-refractivity contribution >= 4 is 11.6 Å². The normalized spacial score (nSPS) is 13.7. The first kappa shape index (κ1) is 25.6. The number of halogens is 5. The van der Waals surface area contributed by atoms with Crippen LogP contribution in [0.4, 0.5) is 17.6 Å². The fraction of sp³-hybridized carbons (Fsp3) is 0.261. The fourth-order valence-electron chi connectivity index (χ4n) is 3.56. The van der Waals surface area contributed by atoms with E-state index in [1.807, 2.05) is 0 Å². The van der Waals surface area contributed by atoms with Crippen molar-refractivity contribution in [1.82, 2.24) is 23.9 Å². The smallest absolute Gasteiger partial charge is 0.385 e. The molecule has 0 aliphatic rings. The molecule has 190 valence electrons. The van der Waals surface area contributed by atoms with Crippen molar-refractivity contribution in [3.63, 3.8) is 0 Å². The maximum atomic E-state index is 13.8. The molecular formula is C23H20ClF4N5O3. The molecular weight excluding hydrogens is 506 g/mol. The third-order valence-corrected chi connectivity index (χ3v) is 5.60. The topological polar surface area (TPSA) is 98.1 Å². The van der Waals surface area contributed by atoms with E-state index >= 15 is 0 Å². The van der Waals surface area contributed by atoms with Gasteiger partial charge in [0.15, 0.2) is 17.8 Å². The van der Waals surface area contributed by atoms with Crippen LogP contribution >= 0.6 is 11.6 Å². The molecule has 2 N–H and O–H groups in total. The molecule has 13 heteroatoms. The van der Waals surface area contributed by atoms with Crippen molar-refractivity contribution in [3.05, 3.63) is 87.7 Å². The van der Waals surface area contributed by atoms with Crippen LogP contribution in [0.3, 0.4) is 0 Å². The molecule has 0 bridgehead atoms. The highest BCUT2D eigenvalue weighted by molar-refractivity contribution is 6.30. The number of benzene rings is 2. The summed E-state index contributed by atoms with van der Waals surface area (Å²) in [5.41, 5.74) is -0.0913. The third kappa shape index (κ3) is 5.35. The number of aliphatic hydroxyl groups is 2. The van der Waals surface area contributed by atoms with E-state index in [1.165, 1.54) is 60.3 Å². The Labute approximate surface area is 206 Å². The Hall–Kier alpha value is -3.48. The van der Waals surface area contributed by atoms with Gasteiger partial charge in [-0.3, -0.25) is 9.13 Å². The SMILES string of the molecule is C[C@H](O)c1nc(Cn2cc(-c3ccc(Cl)cc3)n(C[C@H](O)C(F)(F)F)c2=O)n(-c2cccc(F)c2)n1. The highest BCUT2D eigenvalue weighted by Crippen LogP contribution is 2.25. The molecule has 2 atom stereocenters. The van der Waals surface area contributed by atoms with E-state index in [0.717, 1.165) is 9.13 Å². The summed E-state index contributed by atoms with van der Waals surface area (Å²) < 4.78 is 56.3. The highest BCUT2D eigenvalue weighted by Gasteiger charge is 2.39. The Morgan fingerprint density at radius 3 is 2.42 bits per heavy atom. The number of aromatic nitrogens is 5. The molecule has 8 nitrogen and oxygen atoms in total. The standard InChI is InChI=1S/C23H20ClF4N5O3/c1-13(34)21-29-20(33(30-21)17-4-2-3-16(25)9-17)12-31-10-18(14-5-7-15(24)8-6-14)32(22(31)36)11-19(35)23(26,27)28/h2-10,13,19,34-35H,11-12H2,1H3/t13-,19-/m0/s1.